The van der Waals surface area contributed by atoms with Crippen LogP contribution in [0.2, 0.25) is 0 Å². The molecule has 0 saturated carbocycles. The number of hydrogen-bond donors (Lipinski definition) is 3. The molecule has 7 nitrogen and oxygen atoms in total. The molecular formula is C18H18N4O3. The van der Waals surface area contributed by atoms with Gasteiger partial charge in [0.05, 0.1) is 23.0 Å². The van der Waals surface area contributed by atoms with Crippen molar-refractivity contribution in [2.45, 2.75) is 26.3 Å². The summed E-state index contributed by atoms with van der Waals surface area (Å²) >= 11 is 0. The number of carboxylic acid groups (broad SMARTS) is 1. The van der Waals surface area contributed by atoms with Crippen LogP contribution in [0, 0.1) is 5.92 Å². The van der Waals surface area contributed by atoms with Crippen molar-refractivity contribution in [3.63, 3.8) is 0 Å². The maximum absolute atomic E-state index is 12.6. The molecule has 4 rings (SSSR count). The highest BCUT2D eigenvalue weighted by atomic mass is 16.4. The maximum Gasteiger partial charge on any atom is 0.337 e. The number of aromatic amines is 1. The number of carbonyl (C=O) groups is 2. The third-order valence-corrected chi connectivity index (χ3v) is 4.74. The monoisotopic (exact) mass is 338 g/mol. The van der Waals surface area contributed by atoms with Crippen LogP contribution in [0.25, 0.3) is 10.9 Å². The number of fused-ring (bicyclic) bond motifs is 2. The van der Waals surface area contributed by atoms with Gasteiger partial charge < -0.3 is 15.4 Å². The van der Waals surface area contributed by atoms with E-state index in [1.54, 1.807) is 24.4 Å². The molecule has 128 valence electrons. The first-order chi connectivity index (χ1) is 12.0. The van der Waals surface area contributed by atoms with Crippen molar-refractivity contribution < 1.29 is 14.7 Å². The van der Waals surface area contributed by atoms with E-state index in [1.807, 2.05) is 4.68 Å². The van der Waals surface area contributed by atoms with Crippen LogP contribution < -0.4 is 5.32 Å². The number of hydrogen-bond acceptors (Lipinski definition) is 3. The molecule has 0 fully saturated rings. The van der Waals surface area contributed by atoms with Crippen LogP contribution in [-0.2, 0) is 13.0 Å². The SMILES string of the molecule is CC1CCn2ncc(C(=O)Nc3ccc4c(C(=O)O)c[nH]c4c3)c2C1. The van der Waals surface area contributed by atoms with Gasteiger partial charge in [-0.25, -0.2) is 4.79 Å². The lowest BCUT2D eigenvalue weighted by atomic mass is 9.96. The van der Waals surface area contributed by atoms with Crippen LogP contribution in [0.15, 0.2) is 30.6 Å². The van der Waals surface area contributed by atoms with Gasteiger partial charge in [-0.2, -0.15) is 5.10 Å². The minimum atomic E-state index is -0.983. The normalized spacial score (nSPS) is 16.6. The number of H-pyrrole nitrogens is 1. The lowest BCUT2D eigenvalue weighted by Gasteiger charge is -2.20. The molecule has 0 aliphatic carbocycles. The molecule has 1 aliphatic rings. The summed E-state index contributed by atoms with van der Waals surface area (Å²) < 4.78 is 1.90. The molecular weight excluding hydrogens is 320 g/mol. The van der Waals surface area contributed by atoms with Gasteiger partial charge in [-0.15, -0.1) is 0 Å². The Labute approximate surface area is 143 Å². The number of aromatic nitrogens is 3. The molecule has 1 amide bonds. The molecule has 0 spiro atoms. The van der Waals surface area contributed by atoms with Crippen molar-refractivity contribution in [2.75, 3.05) is 5.32 Å². The van der Waals surface area contributed by atoms with Crippen LogP contribution in [-0.4, -0.2) is 31.7 Å². The van der Waals surface area contributed by atoms with Gasteiger partial charge in [0.25, 0.3) is 5.91 Å². The van der Waals surface area contributed by atoms with E-state index in [-0.39, 0.29) is 11.5 Å². The number of amides is 1. The first-order valence-electron chi connectivity index (χ1n) is 8.23. The maximum atomic E-state index is 12.6. The Bertz CT molecular complexity index is 986. The number of benzene rings is 1. The molecule has 1 aliphatic heterocycles. The highest BCUT2D eigenvalue weighted by Gasteiger charge is 2.23. The molecule has 0 saturated heterocycles. The summed E-state index contributed by atoms with van der Waals surface area (Å²) in [7, 11) is 0. The lowest BCUT2D eigenvalue weighted by Crippen LogP contribution is -2.21. The molecule has 0 bridgehead atoms. The molecule has 1 atom stereocenters. The molecule has 3 aromatic rings. The van der Waals surface area contributed by atoms with Crippen molar-refractivity contribution in [1.82, 2.24) is 14.8 Å². The first-order valence-corrected chi connectivity index (χ1v) is 8.23. The molecule has 3 heterocycles. The van der Waals surface area contributed by atoms with E-state index in [9.17, 15) is 9.59 Å². The van der Waals surface area contributed by atoms with E-state index >= 15 is 0 Å². The van der Waals surface area contributed by atoms with Crippen molar-refractivity contribution in [3.05, 3.63) is 47.4 Å². The molecule has 7 heteroatoms. The van der Waals surface area contributed by atoms with Gasteiger partial charge in [-0.3, -0.25) is 9.48 Å². The second-order valence-electron chi connectivity index (χ2n) is 6.55. The lowest BCUT2D eigenvalue weighted by molar-refractivity contribution is 0.0699. The highest BCUT2D eigenvalue weighted by Crippen LogP contribution is 2.25. The minimum absolute atomic E-state index is 0.195. The summed E-state index contributed by atoms with van der Waals surface area (Å²) in [5.74, 6) is -0.635. The summed E-state index contributed by atoms with van der Waals surface area (Å²) in [5, 5.41) is 17.0. The van der Waals surface area contributed by atoms with Gasteiger partial charge in [0.1, 0.15) is 0 Å². The number of aromatic carboxylic acids is 1. The Kier molecular flexibility index (Phi) is 3.56. The van der Waals surface area contributed by atoms with Crippen LogP contribution in [0.1, 0.15) is 39.8 Å². The van der Waals surface area contributed by atoms with E-state index in [2.05, 4.69) is 22.3 Å². The number of nitrogens with one attached hydrogen (secondary N) is 2. The Hall–Kier alpha value is -3.09. The molecule has 1 unspecified atom stereocenters. The smallest absolute Gasteiger partial charge is 0.337 e. The zero-order valence-electron chi connectivity index (χ0n) is 13.7. The summed E-state index contributed by atoms with van der Waals surface area (Å²) in [6.07, 6.45) is 5.00. The second kappa shape index (κ2) is 5.77. The molecule has 25 heavy (non-hydrogen) atoms. The summed E-state index contributed by atoms with van der Waals surface area (Å²) in [6.45, 7) is 3.02. The van der Waals surface area contributed by atoms with Crippen LogP contribution in [0.4, 0.5) is 5.69 Å². The number of carboxylic acids is 1. The van der Waals surface area contributed by atoms with E-state index in [0.717, 1.165) is 25.1 Å². The third kappa shape index (κ3) is 2.67. The fraction of sp³-hybridized carbons (Fsp3) is 0.278. The second-order valence-corrected chi connectivity index (χ2v) is 6.55. The third-order valence-electron chi connectivity index (χ3n) is 4.74. The quantitative estimate of drug-likeness (QED) is 0.683. The van der Waals surface area contributed by atoms with Crippen molar-refractivity contribution >= 4 is 28.5 Å². The molecule has 1 aromatic carbocycles. The van der Waals surface area contributed by atoms with E-state index in [0.29, 0.717) is 28.1 Å². The predicted octanol–water partition coefficient (Wildman–Crippen LogP) is 2.90. The zero-order chi connectivity index (χ0) is 17.6. The van der Waals surface area contributed by atoms with Crippen molar-refractivity contribution in [1.29, 1.82) is 0 Å². The largest absolute Gasteiger partial charge is 0.478 e. The molecule has 3 N–H and O–H groups in total. The van der Waals surface area contributed by atoms with Gasteiger partial charge in [0.2, 0.25) is 0 Å². The number of carbonyl (C=O) groups excluding carboxylic acids is 1. The molecule has 2 aromatic heterocycles. The molecule has 0 radical (unpaired) electrons. The average Bonchev–Trinajstić information content (AvgIpc) is 3.17. The van der Waals surface area contributed by atoms with Gasteiger partial charge in [-0.05, 0) is 37.0 Å². The van der Waals surface area contributed by atoms with Crippen molar-refractivity contribution in [3.8, 4) is 0 Å². The van der Waals surface area contributed by atoms with Gasteiger partial charge in [0, 0.05) is 29.3 Å². The zero-order valence-corrected chi connectivity index (χ0v) is 13.7. The fourth-order valence-corrected chi connectivity index (χ4v) is 3.36. The standard InChI is InChI=1S/C18H18N4O3/c1-10-4-5-22-16(6-10)14(9-20-22)17(23)21-11-2-3-12-13(18(24)25)8-19-15(12)7-11/h2-3,7-10,19H,4-6H2,1H3,(H,21,23)(H,24,25). The number of anilines is 1. The topological polar surface area (TPSA) is 100 Å². The number of rotatable bonds is 3. The summed E-state index contributed by atoms with van der Waals surface area (Å²) in [6, 6.07) is 5.14. The Morgan fingerprint density at radius 1 is 1.36 bits per heavy atom. The predicted molar refractivity (Wildman–Crippen MR) is 92.9 cm³/mol. The summed E-state index contributed by atoms with van der Waals surface area (Å²) in [5.41, 5.74) is 3.07. The van der Waals surface area contributed by atoms with Crippen LogP contribution >= 0.6 is 0 Å². The number of nitrogens with zero attached hydrogens (tertiary/aromatic N) is 2. The van der Waals surface area contributed by atoms with Gasteiger partial charge >= 0.3 is 5.97 Å². The van der Waals surface area contributed by atoms with Gasteiger partial charge in [0.15, 0.2) is 0 Å². The van der Waals surface area contributed by atoms with Crippen molar-refractivity contribution in [2.24, 2.45) is 5.92 Å². The van der Waals surface area contributed by atoms with Crippen LogP contribution in [0.3, 0.4) is 0 Å². The number of aryl methyl sites for hydroxylation is 1. The average molecular weight is 338 g/mol. The van der Waals surface area contributed by atoms with Gasteiger partial charge in [-0.1, -0.05) is 6.92 Å². The van der Waals surface area contributed by atoms with E-state index in [4.69, 9.17) is 5.11 Å². The van der Waals surface area contributed by atoms with Crippen LogP contribution in [0.5, 0.6) is 0 Å². The van der Waals surface area contributed by atoms with E-state index < -0.39 is 5.97 Å². The Morgan fingerprint density at radius 3 is 3.00 bits per heavy atom. The summed E-state index contributed by atoms with van der Waals surface area (Å²) in [4.78, 5) is 26.7. The fourth-order valence-electron chi connectivity index (χ4n) is 3.36. The van der Waals surface area contributed by atoms with E-state index in [1.165, 1.54) is 6.20 Å². The first kappa shape index (κ1) is 15.4. The Balaban J connectivity index is 1.60. The highest BCUT2D eigenvalue weighted by molar-refractivity contribution is 6.07. The Morgan fingerprint density at radius 2 is 2.20 bits per heavy atom. The minimum Gasteiger partial charge on any atom is -0.478 e.